The number of halogens is 1. The average molecular weight is 386 g/mol. The van der Waals surface area contributed by atoms with Gasteiger partial charge in [-0.2, -0.15) is 4.68 Å². The van der Waals surface area contributed by atoms with Crippen molar-refractivity contribution < 1.29 is 17.7 Å². The number of hydrogen-bond acceptors (Lipinski definition) is 4. The van der Waals surface area contributed by atoms with Crippen LogP contribution in [0.5, 0.6) is 0 Å². The molecule has 0 aliphatic carbocycles. The van der Waals surface area contributed by atoms with Crippen molar-refractivity contribution in [3.8, 4) is 11.4 Å². The molecule has 6 nitrogen and oxygen atoms in total. The molecule has 3 rings (SSSR count). The van der Waals surface area contributed by atoms with Crippen LogP contribution >= 0.6 is 12.2 Å². The minimum Gasteiger partial charge on any atom is -0.313 e. The van der Waals surface area contributed by atoms with E-state index in [1.807, 2.05) is 14.0 Å². The van der Waals surface area contributed by atoms with Gasteiger partial charge in [0.25, 0.3) is 0 Å². The quantitative estimate of drug-likeness (QED) is 0.774. The van der Waals surface area contributed by atoms with Crippen molar-refractivity contribution in [2.45, 2.75) is 26.1 Å². The molecule has 1 aromatic heterocycles. The minimum atomic E-state index is -2.92. The Labute approximate surface area is 151 Å². The van der Waals surface area contributed by atoms with Gasteiger partial charge in [-0.25, -0.2) is 12.8 Å². The Morgan fingerprint density at radius 1 is 1.36 bits per heavy atom. The van der Waals surface area contributed by atoms with Crippen LogP contribution in [0.3, 0.4) is 0 Å². The molecule has 2 atom stereocenters. The number of aromatic nitrogens is 3. The second-order valence-electron chi connectivity index (χ2n) is 6.44. The van der Waals surface area contributed by atoms with E-state index < -0.39 is 9.84 Å². The highest BCUT2D eigenvalue weighted by molar-refractivity contribution is 7.91. The van der Waals surface area contributed by atoms with Gasteiger partial charge in [0.05, 0.1) is 12.3 Å². The molecule has 0 saturated carbocycles. The van der Waals surface area contributed by atoms with Crippen LogP contribution in [-0.2, 0) is 23.6 Å². The van der Waals surface area contributed by atoms with Crippen molar-refractivity contribution in [3.63, 3.8) is 0 Å². The number of nitrogens with one attached hydrogen (secondary N) is 1. The van der Waals surface area contributed by atoms with Crippen molar-refractivity contribution in [1.29, 1.82) is 0 Å². The number of quaternary nitrogens is 1. The molecule has 2 heterocycles. The Balaban J connectivity index is 1.86. The lowest BCUT2D eigenvalue weighted by molar-refractivity contribution is -0.943. The van der Waals surface area contributed by atoms with E-state index in [1.54, 1.807) is 21.4 Å². The largest absolute Gasteiger partial charge is 0.313 e. The Hall–Kier alpha value is -1.58. The first-order chi connectivity index (χ1) is 11.8. The summed E-state index contributed by atoms with van der Waals surface area (Å²) in [4.78, 5) is 1.15. The highest BCUT2D eigenvalue weighted by Gasteiger charge is 2.35. The third-order valence-corrected chi connectivity index (χ3v) is 7.01. The Kier molecular flexibility index (Phi) is 5.08. The zero-order chi connectivity index (χ0) is 18.2. The standard InChI is InChI=1S/C16H21FN4O2S2/c1-3-20(14-8-9-25(22,23)10-14)11-21-16(24)19(2)15(18-21)12-4-6-13(17)7-5-12/h4-7,14H,3,8-11H2,1-2H3/p+1/t14-/m0/s1. The van der Waals surface area contributed by atoms with Crippen molar-refractivity contribution in [3.05, 3.63) is 34.9 Å². The monoisotopic (exact) mass is 385 g/mol. The molecule has 2 aromatic rings. The number of sulfone groups is 1. The second-order valence-corrected chi connectivity index (χ2v) is 9.04. The van der Waals surface area contributed by atoms with Crippen LogP contribution < -0.4 is 4.90 Å². The summed E-state index contributed by atoms with van der Waals surface area (Å²) >= 11 is 5.48. The van der Waals surface area contributed by atoms with E-state index in [9.17, 15) is 12.8 Å². The lowest BCUT2D eigenvalue weighted by atomic mass is 10.2. The fraction of sp³-hybridized carbons (Fsp3) is 0.500. The SMILES string of the molecule is CC[NH+](Cn1nc(-c2ccc(F)cc2)n(C)c1=S)[C@H]1CCS(=O)(=O)C1. The maximum atomic E-state index is 13.1. The Morgan fingerprint density at radius 2 is 2.04 bits per heavy atom. The van der Waals surface area contributed by atoms with Gasteiger partial charge in [-0.15, -0.1) is 5.10 Å². The molecule has 1 aliphatic rings. The molecular weight excluding hydrogens is 363 g/mol. The van der Waals surface area contributed by atoms with Crippen LogP contribution in [0.4, 0.5) is 4.39 Å². The predicted molar refractivity (Wildman–Crippen MR) is 96.0 cm³/mol. The van der Waals surface area contributed by atoms with Crippen molar-refractivity contribution in [2.24, 2.45) is 7.05 Å². The van der Waals surface area contributed by atoms with Crippen LogP contribution in [0.1, 0.15) is 13.3 Å². The van der Waals surface area contributed by atoms with E-state index in [0.717, 1.165) is 17.0 Å². The van der Waals surface area contributed by atoms with Gasteiger partial charge in [-0.1, -0.05) is 0 Å². The molecule has 0 amide bonds. The third-order valence-electron chi connectivity index (χ3n) is 4.76. The summed E-state index contributed by atoms with van der Waals surface area (Å²) in [5.41, 5.74) is 0.787. The van der Waals surface area contributed by atoms with Gasteiger partial charge in [0.2, 0.25) is 4.77 Å². The van der Waals surface area contributed by atoms with Gasteiger partial charge in [-0.3, -0.25) is 0 Å². The second kappa shape index (κ2) is 6.97. The Bertz CT molecular complexity index is 919. The zero-order valence-corrected chi connectivity index (χ0v) is 15.9. The van der Waals surface area contributed by atoms with Gasteiger partial charge in [-0.05, 0) is 43.4 Å². The molecule has 25 heavy (non-hydrogen) atoms. The normalized spacial score (nSPS) is 20.7. The first-order valence-corrected chi connectivity index (χ1v) is 10.5. The molecule has 1 aromatic carbocycles. The van der Waals surface area contributed by atoms with Crippen LogP contribution in [-0.4, -0.2) is 46.9 Å². The molecule has 9 heteroatoms. The molecule has 0 bridgehead atoms. The lowest BCUT2D eigenvalue weighted by Crippen LogP contribution is -3.15. The van der Waals surface area contributed by atoms with Gasteiger partial charge < -0.3 is 9.47 Å². The van der Waals surface area contributed by atoms with Gasteiger partial charge >= 0.3 is 0 Å². The summed E-state index contributed by atoms with van der Waals surface area (Å²) in [6.45, 7) is 3.35. The first kappa shape index (κ1) is 18.2. The van der Waals surface area contributed by atoms with Crippen molar-refractivity contribution in [1.82, 2.24) is 14.3 Å². The number of rotatable bonds is 5. The fourth-order valence-electron chi connectivity index (χ4n) is 3.28. The van der Waals surface area contributed by atoms with E-state index in [2.05, 4.69) is 5.10 Å². The summed E-state index contributed by atoms with van der Waals surface area (Å²) in [6, 6.07) is 6.21. The van der Waals surface area contributed by atoms with E-state index >= 15 is 0 Å². The lowest BCUT2D eigenvalue weighted by Gasteiger charge is -2.22. The van der Waals surface area contributed by atoms with Crippen molar-refractivity contribution in [2.75, 3.05) is 18.1 Å². The summed E-state index contributed by atoms with van der Waals surface area (Å²) in [6.07, 6.45) is 0.677. The van der Waals surface area contributed by atoms with Crippen LogP contribution in [0.25, 0.3) is 11.4 Å². The van der Waals surface area contributed by atoms with E-state index in [4.69, 9.17) is 12.2 Å². The number of hydrogen-bond donors (Lipinski definition) is 1. The van der Waals surface area contributed by atoms with Crippen molar-refractivity contribution >= 4 is 22.1 Å². The average Bonchev–Trinajstić information content (AvgIpc) is 3.07. The molecule has 136 valence electrons. The zero-order valence-electron chi connectivity index (χ0n) is 14.3. The smallest absolute Gasteiger partial charge is 0.202 e. The van der Waals surface area contributed by atoms with Gasteiger partial charge in [0.15, 0.2) is 22.3 Å². The maximum Gasteiger partial charge on any atom is 0.202 e. The van der Waals surface area contributed by atoms with Gasteiger partial charge in [0.1, 0.15) is 17.6 Å². The maximum absolute atomic E-state index is 13.1. The predicted octanol–water partition coefficient (Wildman–Crippen LogP) is 0.807. The summed E-state index contributed by atoms with van der Waals surface area (Å²) in [5.74, 6) is 0.851. The molecule has 1 unspecified atom stereocenters. The van der Waals surface area contributed by atoms with E-state index in [0.29, 0.717) is 23.7 Å². The van der Waals surface area contributed by atoms with E-state index in [1.165, 1.54) is 12.1 Å². The van der Waals surface area contributed by atoms with Gasteiger partial charge in [0, 0.05) is 19.0 Å². The molecule has 1 N–H and O–H groups in total. The summed E-state index contributed by atoms with van der Waals surface area (Å²) < 4.78 is 40.7. The van der Waals surface area contributed by atoms with Crippen LogP contribution in [0.15, 0.2) is 24.3 Å². The molecular formula is C16H22FN4O2S2+. The Morgan fingerprint density at radius 3 is 2.60 bits per heavy atom. The number of benzene rings is 1. The molecule has 1 aliphatic heterocycles. The highest BCUT2D eigenvalue weighted by Crippen LogP contribution is 2.17. The van der Waals surface area contributed by atoms with Crippen LogP contribution in [0.2, 0.25) is 0 Å². The summed E-state index contributed by atoms with van der Waals surface area (Å²) in [7, 11) is -1.09. The highest BCUT2D eigenvalue weighted by atomic mass is 32.2. The topological polar surface area (TPSA) is 61.3 Å². The molecule has 1 fully saturated rings. The molecule has 1 saturated heterocycles. The first-order valence-electron chi connectivity index (χ1n) is 8.25. The summed E-state index contributed by atoms with van der Waals surface area (Å²) in [5, 5.41) is 4.59. The van der Waals surface area contributed by atoms with Crippen LogP contribution in [0, 0.1) is 10.6 Å². The van der Waals surface area contributed by atoms with E-state index in [-0.39, 0.29) is 23.4 Å². The third kappa shape index (κ3) is 3.83. The number of nitrogens with zero attached hydrogens (tertiary/aromatic N) is 3. The fourth-order valence-corrected chi connectivity index (χ4v) is 5.30. The molecule has 0 radical (unpaired) electrons. The molecule has 0 spiro atoms. The minimum absolute atomic E-state index is 0.0770.